The molecule has 3 aromatic rings. The van der Waals surface area contributed by atoms with Crippen molar-refractivity contribution in [3.63, 3.8) is 0 Å². The molecule has 3 rings (SSSR count). The summed E-state index contributed by atoms with van der Waals surface area (Å²) in [6.45, 7) is 0. The number of benzene rings is 1. The second-order valence-corrected chi connectivity index (χ2v) is 6.28. The van der Waals surface area contributed by atoms with Gasteiger partial charge in [-0.25, -0.2) is 17.5 Å². The van der Waals surface area contributed by atoms with Crippen molar-refractivity contribution in [1.29, 1.82) is 5.26 Å². The van der Waals surface area contributed by atoms with Crippen molar-refractivity contribution in [2.45, 2.75) is 4.90 Å². The first-order valence-corrected chi connectivity index (χ1v) is 8.03. The number of nitrogens with one attached hydrogen (secondary N) is 1. The molecule has 0 aliphatic rings. The molecule has 0 saturated heterocycles. The van der Waals surface area contributed by atoms with Gasteiger partial charge in [-0.2, -0.15) is 5.26 Å². The van der Waals surface area contributed by atoms with E-state index in [2.05, 4.69) is 20.0 Å². The average Bonchev–Trinajstić information content (AvgIpc) is 3.09. The van der Waals surface area contributed by atoms with Gasteiger partial charge in [0, 0.05) is 6.20 Å². The molecule has 24 heavy (non-hydrogen) atoms. The summed E-state index contributed by atoms with van der Waals surface area (Å²) in [6.07, 6.45) is 5.74. The third kappa shape index (κ3) is 2.92. The Bertz CT molecular complexity index is 1030. The fourth-order valence-electron chi connectivity index (χ4n) is 1.96. The zero-order valence-electron chi connectivity index (χ0n) is 12.0. The van der Waals surface area contributed by atoms with Crippen molar-refractivity contribution < 1.29 is 12.8 Å². The molecule has 0 aliphatic carbocycles. The minimum Gasteiger partial charge on any atom is -0.276 e. The average molecular weight is 344 g/mol. The van der Waals surface area contributed by atoms with Gasteiger partial charge in [0.2, 0.25) is 0 Å². The molecule has 120 valence electrons. The summed E-state index contributed by atoms with van der Waals surface area (Å²) in [7, 11) is -4.08. The molecule has 0 atom stereocenters. The predicted octanol–water partition coefficient (Wildman–Crippen LogP) is 1.47. The monoisotopic (exact) mass is 344 g/mol. The fraction of sp³-hybridized carbons (Fsp3) is 0. The smallest absolute Gasteiger partial charge is 0.262 e. The van der Waals surface area contributed by atoms with Crippen LogP contribution in [0, 0.1) is 17.1 Å². The maximum atomic E-state index is 13.7. The number of halogens is 1. The van der Waals surface area contributed by atoms with Crippen molar-refractivity contribution >= 4 is 15.7 Å². The molecular weight excluding hydrogens is 335 g/mol. The van der Waals surface area contributed by atoms with E-state index in [-0.39, 0.29) is 16.1 Å². The van der Waals surface area contributed by atoms with E-state index < -0.39 is 15.8 Å². The molecule has 8 nitrogen and oxygen atoms in total. The maximum Gasteiger partial charge on any atom is 0.262 e. The number of hydrogen-bond acceptors (Lipinski definition) is 6. The first kappa shape index (κ1) is 15.6. The van der Waals surface area contributed by atoms with Gasteiger partial charge in [0.25, 0.3) is 10.0 Å². The Balaban J connectivity index is 2.00. The third-order valence-electron chi connectivity index (χ3n) is 3.08. The molecule has 0 amide bonds. The second kappa shape index (κ2) is 6.05. The van der Waals surface area contributed by atoms with E-state index in [0.717, 1.165) is 18.2 Å². The van der Waals surface area contributed by atoms with Gasteiger partial charge >= 0.3 is 0 Å². The number of nitrogens with zero attached hydrogens (tertiary/aromatic N) is 5. The lowest BCUT2D eigenvalue weighted by molar-refractivity contribution is 0.594. The summed E-state index contributed by atoms with van der Waals surface area (Å²) in [5.41, 5.74) is 0.312. The Morgan fingerprint density at radius 1 is 1.25 bits per heavy atom. The normalized spacial score (nSPS) is 11.0. The van der Waals surface area contributed by atoms with Crippen LogP contribution in [0.15, 0.2) is 53.9 Å². The van der Waals surface area contributed by atoms with Gasteiger partial charge in [-0.1, -0.05) is 5.21 Å². The highest BCUT2D eigenvalue weighted by atomic mass is 32.2. The third-order valence-corrected chi connectivity index (χ3v) is 4.45. The molecule has 1 aromatic carbocycles. The van der Waals surface area contributed by atoms with E-state index in [4.69, 9.17) is 5.26 Å². The van der Waals surface area contributed by atoms with Crippen LogP contribution in [0.25, 0.3) is 5.69 Å². The minimum atomic E-state index is -4.08. The summed E-state index contributed by atoms with van der Waals surface area (Å²) in [5, 5.41) is 16.2. The topological polar surface area (TPSA) is 114 Å². The van der Waals surface area contributed by atoms with Gasteiger partial charge < -0.3 is 0 Å². The van der Waals surface area contributed by atoms with Gasteiger partial charge in [-0.15, -0.1) is 5.10 Å². The number of aromatic nitrogens is 4. The lowest BCUT2D eigenvalue weighted by Crippen LogP contribution is -2.15. The van der Waals surface area contributed by atoms with Crippen LogP contribution >= 0.6 is 0 Å². The van der Waals surface area contributed by atoms with Crippen LogP contribution in [0.2, 0.25) is 0 Å². The van der Waals surface area contributed by atoms with Crippen LogP contribution in [-0.2, 0) is 10.0 Å². The van der Waals surface area contributed by atoms with E-state index >= 15 is 0 Å². The van der Waals surface area contributed by atoms with Crippen LogP contribution in [0.1, 0.15) is 5.56 Å². The zero-order valence-corrected chi connectivity index (χ0v) is 12.8. The molecular formula is C14H9FN6O2S. The number of pyridine rings is 1. The summed E-state index contributed by atoms with van der Waals surface area (Å²) < 4.78 is 42.2. The Kier molecular flexibility index (Phi) is 3.93. The number of anilines is 1. The quantitative estimate of drug-likeness (QED) is 0.767. The second-order valence-electron chi connectivity index (χ2n) is 4.60. The molecule has 0 saturated carbocycles. The van der Waals surface area contributed by atoms with Crippen molar-refractivity contribution in [2.24, 2.45) is 0 Å². The first-order chi connectivity index (χ1) is 11.5. The Morgan fingerprint density at radius 2 is 2.08 bits per heavy atom. The van der Waals surface area contributed by atoms with Crippen molar-refractivity contribution in [1.82, 2.24) is 20.0 Å². The Labute approximate surface area is 136 Å². The summed E-state index contributed by atoms with van der Waals surface area (Å²) in [4.78, 5) is 3.56. The van der Waals surface area contributed by atoms with E-state index in [0.29, 0.717) is 5.69 Å². The van der Waals surface area contributed by atoms with Crippen LogP contribution in [0.4, 0.5) is 10.1 Å². The Morgan fingerprint density at radius 3 is 2.75 bits per heavy atom. The van der Waals surface area contributed by atoms with Gasteiger partial charge in [0.05, 0.1) is 40.4 Å². The standard InChI is InChI=1S/C14H9FN6O2S/c15-12-7-11(2-1-10(12)8-16)24(22,23)19-13-9-17-4-3-14(13)21-6-5-18-20-21/h1-7,9,19H. The molecule has 2 aromatic heterocycles. The van der Waals surface area contributed by atoms with Gasteiger partial charge in [0.1, 0.15) is 11.9 Å². The molecule has 0 bridgehead atoms. The molecule has 0 unspecified atom stereocenters. The molecule has 0 spiro atoms. The van der Waals surface area contributed by atoms with Crippen molar-refractivity contribution in [2.75, 3.05) is 4.72 Å². The highest BCUT2D eigenvalue weighted by Crippen LogP contribution is 2.22. The molecule has 1 N–H and O–H groups in total. The van der Waals surface area contributed by atoms with Crippen LogP contribution in [0.3, 0.4) is 0 Å². The van der Waals surface area contributed by atoms with Gasteiger partial charge in [0.15, 0.2) is 0 Å². The highest BCUT2D eigenvalue weighted by molar-refractivity contribution is 7.92. The van der Waals surface area contributed by atoms with Crippen molar-refractivity contribution in [3.05, 3.63) is 60.4 Å². The zero-order chi connectivity index (χ0) is 17.2. The van der Waals surface area contributed by atoms with Gasteiger partial charge in [-0.3, -0.25) is 9.71 Å². The molecule has 0 radical (unpaired) electrons. The van der Waals surface area contributed by atoms with Crippen LogP contribution in [-0.4, -0.2) is 28.4 Å². The summed E-state index contributed by atoms with van der Waals surface area (Å²) >= 11 is 0. The highest BCUT2D eigenvalue weighted by Gasteiger charge is 2.19. The predicted molar refractivity (Wildman–Crippen MR) is 81.1 cm³/mol. The molecule has 10 heteroatoms. The largest absolute Gasteiger partial charge is 0.276 e. The van der Waals surface area contributed by atoms with Crippen molar-refractivity contribution in [3.8, 4) is 11.8 Å². The number of nitriles is 1. The molecule has 0 fully saturated rings. The van der Waals surface area contributed by atoms with Gasteiger partial charge in [-0.05, 0) is 24.3 Å². The maximum absolute atomic E-state index is 13.7. The fourth-order valence-corrected chi connectivity index (χ4v) is 3.03. The summed E-state index contributed by atoms with van der Waals surface area (Å²) in [5.74, 6) is -0.914. The van der Waals surface area contributed by atoms with E-state index in [1.807, 2.05) is 0 Å². The van der Waals surface area contributed by atoms with E-state index in [9.17, 15) is 12.8 Å². The SMILES string of the molecule is N#Cc1ccc(S(=O)(=O)Nc2cnccc2-n2ccnn2)cc1F. The molecule has 0 aliphatic heterocycles. The van der Waals surface area contributed by atoms with E-state index in [1.165, 1.54) is 29.5 Å². The molecule has 2 heterocycles. The van der Waals surface area contributed by atoms with E-state index in [1.54, 1.807) is 12.1 Å². The summed E-state index contributed by atoms with van der Waals surface area (Å²) in [6, 6.07) is 6.22. The van der Waals surface area contributed by atoms with Crippen LogP contribution in [0.5, 0.6) is 0 Å². The lowest BCUT2D eigenvalue weighted by Gasteiger charge is -2.12. The number of hydrogen-bond donors (Lipinski definition) is 1. The van der Waals surface area contributed by atoms with Crippen LogP contribution < -0.4 is 4.72 Å². The Hall–Kier alpha value is -3.32. The number of sulfonamides is 1. The first-order valence-electron chi connectivity index (χ1n) is 6.54. The minimum absolute atomic E-state index is 0.146. The lowest BCUT2D eigenvalue weighted by atomic mass is 10.2. The number of rotatable bonds is 4.